The first-order chi connectivity index (χ1) is 8.69. The molecule has 2 aliphatic heterocycles. The number of piperidine rings is 1. The van der Waals surface area contributed by atoms with Gasteiger partial charge in [0.05, 0.1) is 6.10 Å². The first kappa shape index (κ1) is 12.4. The summed E-state index contributed by atoms with van der Waals surface area (Å²) in [6, 6.07) is 1.34. The second-order valence-electron chi connectivity index (χ2n) is 6.47. The zero-order chi connectivity index (χ0) is 12.5. The van der Waals surface area contributed by atoms with Crippen molar-refractivity contribution in [1.82, 2.24) is 10.6 Å². The molecule has 0 aromatic heterocycles. The number of hydrogen-bond acceptors (Lipinski definition) is 3. The average molecular weight is 252 g/mol. The zero-order valence-corrected chi connectivity index (χ0v) is 10.9. The molecule has 3 N–H and O–H groups in total. The monoisotopic (exact) mass is 252 g/mol. The summed E-state index contributed by atoms with van der Waals surface area (Å²) in [7, 11) is 0. The molecule has 4 heteroatoms. The highest BCUT2D eigenvalue weighted by Crippen LogP contribution is 2.32. The highest BCUT2D eigenvalue weighted by molar-refractivity contribution is 5.76. The smallest absolute Gasteiger partial charge is 0.220 e. The topological polar surface area (TPSA) is 61.4 Å². The second-order valence-corrected chi connectivity index (χ2v) is 6.47. The van der Waals surface area contributed by atoms with Crippen LogP contribution in [0.1, 0.15) is 44.9 Å². The summed E-state index contributed by atoms with van der Waals surface area (Å²) in [5.41, 5.74) is 0. The minimum Gasteiger partial charge on any atom is -0.393 e. The van der Waals surface area contributed by atoms with E-state index in [0.29, 0.717) is 30.3 Å². The van der Waals surface area contributed by atoms with E-state index >= 15 is 0 Å². The zero-order valence-electron chi connectivity index (χ0n) is 10.9. The second kappa shape index (κ2) is 5.17. The fourth-order valence-electron chi connectivity index (χ4n) is 3.80. The molecule has 2 saturated heterocycles. The minimum absolute atomic E-state index is 0.119. The lowest BCUT2D eigenvalue weighted by atomic mass is 9.82. The third-order valence-corrected chi connectivity index (χ3v) is 4.84. The molecule has 1 amide bonds. The molecule has 4 nitrogen and oxygen atoms in total. The van der Waals surface area contributed by atoms with Gasteiger partial charge in [-0.05, 0) is 50.4 Å². The third-order valence-electron chi connectivity index (χ3n) is 4.84. The molecule has 2 unspecified atom stereocenters. The van der Waals surface area contributed by atoms with Gasteiger partial charge in [0, 0.05) is 25.0 Å². The summed E-state index contributed by atoms with van der Waals surface area (Å²) in [6.45, 7) is 0.758. The summed E-state index contributed by atoms with van der Waals surface area (Å²) in [5.74, 6) is 1.30. The van der Waals surface area contributed by atoms with Gasteiger partial charge in [0.25, 0.3) is 0 Å². The normalized spacial score (nSPS) is 42.4. The highest BCUT2D eigenvalue weighted by Gasteiger charge is 2.34. The standard InChI is InChI=1S/C14H24N2O2/c17-13-5-10(6-13)8-15-14(18)7-9-3-11-1-2-12(4-9)16-11/h9-13,16-17H,1-8H2,(H,15,18). The fraction of sp³-hybridized carbons (Fsp3) is 0.929. The van der Waals surface area contributed by atoms with E-state index in [0.717, 1.165) is 19.4 Å². The van der Waals surface area contributed by atoms with Gasteiger partial charge < -0.3 is 15.7 Å². The van der Waals surface area contributed by atoms with E-state index in [2.05, 4.69) is 10.6 Å². The third kappa shape index (κ3) is 2.86. The van der Waals surface area contributed by atoms with E-state index in [4.69, 9.17) is 0 Å². The molecule has 1 aliphatic carbocycles. The molecule has 2 atom stereocenters. The SMILES string of the molecule is O=C(CC1CC2CCC(C1)N2)NCC1CC(O)C1. The van der Waals surface area contributed by atoms with Crippen LogP contribution in [0.4, 0.5) is 0 Å². The first-order valence-electron chi connectivity index (χ1n) is 7.40. The Balaban J connectivity index is 1.36. The van der Waals surface area contributed by atoms with Crippen LogP contribution in [0.2, 0.25) is 0 Å². The summed E-state index contributed by atoms with van der Waals surface area (Å²) in [6.07, 6.45) is 7.23. The maximum absolute atomic E-state index is 11.9. The van der Waals surface area contributed by atoms with Crippen LogP contribution < -0.4 is 10.6 Å². The van der Waals surface area contributed by atoms with E-state index in [1.54, 1.807) is 0 Å². The molecule has 18 heavy (non-hydrogen) atoms. The Labute approximate surface area is 109 Å². The lowest BCUT2D eigenvalue weighted by molar-refractivity contribution is -0.122. The van der Waals surface area contributed by atoms with Crippen molar-refractivity contribution < 1.29 is 9.90 Å². The number of carbonyl (C=O) groups excluding carboxylic acids is 1. The Hall–Kier alpha value is -0.610. The Morgan fingerprint density at radius 2 is 1.78 bits per heavy atom. The van der Waals surface area contributed by atoms with Crippen molar-refractivity contribution in [2.24, 2.45) is 11.8 Å². The van der Waals surface area contributed by atoms with Crippen LogP contribution in [-0.2, 0) is 4.79 Å². The maximum atomic E-state index is 11.9. The van der Waals surface area contributed by atoms with Gasteiger partial charge >= 0.3 is 0 Å². The van der Waals surface area contributed by atoms with Gasteiger partial charge in [-0.15, -0.1) is 0 Å². The predicted molar refractivity (Wildman–Crippen MR) is 69.0 cm³/mol. The fourth-order valence-corrected chi connectivity index (χ4v) is 3.80. The van der Waals surface area contributed by atoms with Crippen molar-refractivity contribution in [2.75, 3.05) is 6.54 Å². The number of carbonyl (C=O) groups is 1. The van der Waals surface area contributed by atoms with Crippen LogP contribution in [0.3, 0.4) is 0 Å². The van der Waals surface area contributed by atoms with E-state index < -0.39 is 0 Å². The lowest BCUT2D eigenvalue weighted by Crippen LogP contribution is -2.41. The molecule has 3 rings (SSSR count). The van der Waals surface area contributed by atoms with Crippen molar-refractivity contribution in [3.63, 3.8) is 0 Å². The Bertz CT molecular complexity index is 303. The Morgan fingerprint density at radius 3 is 2.39 bits per heavy atom. The molecule has 0 radical (unpaired) electrons. The van der Waals surface area contributed by atoms with Crippen LogP contribution in [0.15, 0.2) is 0 Å². The number of aliphatic hydroxyl groups is 1. The van der Waals surface area contributed by atoms with Crippen molar-refractivity contribution in [3.8, 4) is 0 Å². The summed E-state index contributed by atoms with van der Waals surface area (Å²) >= 11 is 0. The molecular formula is C14H24N2O2. The average Bonchev–Trinajstić information content (AvgIpc) is 2.63. The van der Waals surface area contributed by atoms with Crippen LogP contribution in [-0.4, -0.2) is 35.7 Å². The van der Waals surface area contributed by atoms with Crippen molar-refractivity contribution in [2.45, 2.75) is 63.1 Å². The number of rotatable bonds is 4. The molecule has 2 bridgehead atoms. The van der Waals surface area contributed by atoms with Crippen molar-refractivity contribution in [1.29, 1.82) is 0 Å². The van der Waals surface area contributed by atoms with Gasteiger partial charge in [0.15, 0.2) is 0 Å². The number of hydrogen-bond donors (Lipinski definition) is 3. The first-order valence-corrected chi connectivity index (χ1v) is 7.40. The van der Waals surface area contributed by atoms with Gasteiger partial charge in [-0.3, -0.25) is 4.79 Å². The van der Waals surface area contributed by atoms with Crippen LogP contribution in [0.5, 0.6) is 0 Å². The molecular weight excluding hydrogens is 228 g/mol. The van der Waals surface area contributed by atoms with E-state index in [1.165, 1.54) is 25.7 Å². The molecule has 3 fully saturated rings. The summed E-state index contributed by atoms with van der Waals surface area (Å²) < 4.78 is 0. The predicted octanol–water partition coefficient (Wildman–Crippen LogP) is 0.794. The minimum atomic E-state index is -0.119. The number of amides is 1. The summed E-state index contributed by atoms with van der Waals surface area (Å²) in [4.78, 5) is 11.9. The maximum Gasteiger partial charge on any atom is 0.220 e. The largest absolute Gasteiger partial charge is 0.393 e. The molecule has 102 valence electrons. The van der Waals surface area contributed by atoms with Gasteiger partial charge in [-0.2, -0.15) is 0 Å². The molecule has 0 aromatic rings. The van der Waals surface area contributed by atoms with E-state index in [1.807, 2.05) is 0 Å². The molecule has 0 spiro atoms. The Kier molecular flexibility index (Phi) is 3.57. The number of aliphatic hydroxyl groups excluding tert-OH is 1. The van der Waals surface area contributed by atoms with E-state index in [-0.39, 0.29) is 12.0 Å². The van der Waals surface area contributed by atoms with Crippen LogP contribution in [0, 0.1) is 11.8 Å². The van der Waals surface area contributed by atoms with Crippen molar-refractivity contribution >= 4 is 5.91 Å². The molecule has 0 aromatic carbocycles. The van der Waals surface area contributed by atoms with Gasteiger partial charge in [-0.25, -0.2) is 0 Å². The lowest BCUT2D eigenvalue weighted by Gasteiger charge is -2.32. The highest BCUT2D eigenvalue weighted by atomic mass is 16.3. The molecule has 2 heterocycles. The molecule has 3 aliphatic rings. The van der Waals surface area contributed by atoms with Crippen LogP contribution in [0.25, 0.3) is 0 Å². The van der Waals surface area contributed by atoms with Gasteiger partial charge in [0.1, 0.15) is 0 Å². The number of fused-ring (bicyclic) bond motifs is 2. The number of nitrogens with one attached hydrogen (secondary N) is 2. The van der Waals surface area contributed by atoms with Crippen molar-refractivity contribution in [3.05, 3.63) is 0 Å². The van der Waals surface area contributed by atoms with Gasteiger partial charge in [0.2, 0.25) is 5.91 Å². The quantitative estimate of drug-likeness (QED) is 0.693. The molecule has 1 saturated carbocycles. The van der Waals surface area contributed by atoms with Gasteiger partial charge in [-0.1, -0.05) is 0 Å². The van der Waals surface area contributed by atoms with Crippen LogP contribution >= 0.6 is 0 Å². The Morgan fingerprint density at radius 1 is 1.11 bits per heavy atom. The van der Waals surface area contributed by atoms with E-state index in [9.17, 15) is 9.90 Å². The summed E-state index contributed by atoms with van der Waals surface area (Å²) in [5, 5.41) is 15.8.